The summed E-state index contributed by atoms with van der Waals surface area (Å²) in [6.07, 6.45) is -1.31. The van der Waals surface area contributed by atoms with Crippen molar-refractivity contribution in [2.24, 2.45) is 0 Å². The zero-order valence-electron chi connectivity index (χ0n) is 13.9. The van der Waals surface area contributed by atoms with Crippen molar-refractivity contribution < 1.29 is 27.6 Å². The van der Waals surface area contributed by atoms with Crippen molar-refractivity contribution in [1.82, 2.24) is 0 Å². The van der Waals surface area contributed by atoms with Gasteiger partial charge < -0.3 is 14.4 Å². The molecule has 0 aliphatic heterocycles. The molecule has 0 saturated heterocycles. The zero-order chi connectivity index (χ0) is 18.7. The number of aliphatic hydroxyl groups is 2. The Hall–Kier alpha value is -2.22. The van der Waals surface area contributed by atoms with Gasteiger partial charge in [-0.05, 0) is 32.0 Å². The molecule has 0 amide bonds. The van der Waals surface area contributed by atoms with Crippen LogP contribution in [0, 0.1) is 0 Å². The van der Waals surface area contributed by atoms with Crippen molar-refractivity contribution in [3.63, 3.8) is 0 Å². The normalized spacial score (nSPS) is 13.3. The van der Waals surface area contributed by atoms with Gasteiger partial charge in [0, 0.05) is 12.0 Å². The predicted molar refractivity (Wildman–Crippen MR) is 91.4 cm³/mol. The molecule has 2 N–H and O–H groups in total. The number of benzene rings is 2. The summed E-state index contributed by atoms with van der Waals surface area (Å²) in [6, 6.07) is 13.4. The molecule has 0 aromatic heterocycles. The maximum Gasteiger partial charge on any atom is 0.354 e. The third-order valence-electron chi connectivity index (χ3n) is 3.44. The summed E-state index contributed by atoms with van der Waals surface area (Å²) in [5, 5.41) is 20.1. The van der Waals surface area contributed by atoms with Gasteiger partial charge in [0.1, 0.15) is 4.90 Å². The standard InChI is InChI=1S/C18H20O6S/c1-18(2,21)12-15(19)14-10-6-7-11-16(14)25(22,23)24-17(20)13-8-4-3-5-9-13/h3-11,15,19,21H,12H2,1-2H3. The first-order chi connectivity index (χ1) is 11.6. The molecule has 0 bridgehead atoms. The second kappa shape index (κ2) is 7.35. The third kappa shape index (κ3) is 5.12. The van der Waals surface area contributed by atoms with Crippen LogP contribution in [0.3, 0.4) is 0 Å². The van der Waals surface area contributed by atoms with Gasteiger partial charge in [-0.15, -0.1) is 0 Å². The van der Waals surface area contributed by atoms with Crippen LogP contribution in [0.4, 0.5) is 0 Å². The maximum absolute atomic E-state index is 12.5. The second-order valence-electron chi connectivity index (χ2n) is 6.26. The topological polar surface area (TPSA) is 101 Å². The van der Waals surface area contributed by atoms with Crippen molar-refractivity contribution in [3.05, 3.63) is 65.7 Å². The van der Waals surface area contributed by atoms with Gasteiger partial charge in [-0.2, -0.15) is 8.42 Å². The van der Waals surface area contributed by atoms with E-state index in [2.05, 4.69) is 0 Å². The summed E-state index contributed by atoms with van der Waals surface area (Å²) in [7, 11) is -4.43. The smallest absolute Gasteiger partial charge is 0.354 e. The van der Waals surface area contributed by atoms with E-state index in [4.69, 9.17) is 4.18 Å². The molecule has 7 heteroatoms. The Kier molecular flexibility index (Phi) is 5.62. The molecule has 25 heavy (non-hydrogen) atoms. The van der Waals surface area contributed by atoms with Crippen LogP contribution in [0.15, 0.2) is 59.5 Å². The highest BCUT2D eigenvalue weighted by atomic mass is 32.2. The van der Waals surface area contributed by atoms with Gasteiger partial charge in [0.2, 0.25) is 0 Å². The van der Waals surface area contributed by atoms with E-state index in [0.29, 0.717) is 0 Å². The lowest BCUT2D eigenvalue weighted by atomic mass is 9.96. The van der Waals surface area contributed by atoms with Gasteiger partial charge in [0.15, 0.2) is 0 Å². The number of rotatable bonds is 6. The Morgan fingerprint density at radius 3 is 2.24 bits per heavy atom. The van der Waals surface area contributed by atoms with Crippen molar-refractivity contribution in [2.75, 3.05) is 0 Å². The van der Waals surface area contributed by atoms with E-state index in [9.17, 15) is 23.4 Å². The van der Waals surface area contributed by atoms with Crippen molar-refractivity contribution in [1.29, 1.82) is 0 Å². The van der Waals surface area contributed by atoms with Gasteiger partial charge >= 0.3 is 16.1 Å². The molecular formula is C18H20O6S. The average Bonchev–Trinajstić information content (AvgIpc) is 2.53. The number of hydrogen-bond donors (Lipinski definition) is 2. The fraction of sp³-hybridized carbons (Fsp3) is 0.278. The van der Waals surface area contributed by atoms with Crippen LogP contribution in [-0.4, -0.2) is 30.2 Å². The predicted octanol–water partition coefficient (Wildman–Crippen LogP) is 2.43. The van der Waals surface area contributed by atoms with E-state index in [1.165, 1.54) is 44.2 Å². The lowest BCUT2D eigenvalue weighted by molar-refractivity contribution is 0.0168. The minimum Gasteiger partial charge on any atom is -0.390 e. The molecule has 0 radical (unpaired) electrons. The molecule has 1 unspecified atom stereocenters. The maximum atomic E-state index is 12.5. The van der Waals surface area contributed by atoms with Crippen LogP contribution >= 0.6 is 0 Å². The van der Waals surface area contributed by atoms with Crippen LogP contribution in [-0.2, 0) is 14.3 Å². The first-order valence-electron chi connectivity index (χ1n) is 7.63. The summed E-state index contributed by atoms with van der Waals surface area (Å²) in [6.45, 7) is 3.01. The molecule has 0 saturated carbocycles. The molecule has 0 spiro atoms. The van der Waals surface area contributed by atoms with Gasteiger partial charge in [-0.25, -0.2) is 4.79 Å². The molecule has 134 valence electrons. The zero-order valence-corrected chi connectivity index (χ0v) is 14.7. The minimum absolute atomic E-state index is 0.0606. The second-order valence-corrected chi connectivity index (χ2v) is 7.78. The highest BCUT2D eigenvalue weighted by Gasteiger charge is 2.29. The van der Waals surface area contributed by atoms with Crippen LogP contribution in [0.1, 0.15) is 42.3 Å². The van der Waals surface area contributed by atoms with E-state index in [1.807, 2.05) is 0 Å². The van der Waals surface area contributed by atoms with Crippen LogP contribution < -0.4 is 0 Å². The molecule has 2 aromatic carbocycles. The van der Waals surface area contributed by atoms with Crippen LogP contribution in [0.2, 0.25) is 0 Å². The van der Waals surface area contributed by atoms with E-state index < -0.39 is 27.8 Å². The SMILES string of the molecule is CC(C)(O)CC(O)c1ccccc1S(=O)(=O)OC(=O)c1ccccc1. The molecule has 0 fully saturated rings. The van der Waals surface area contributed by atoms with Crippen LogP contribution in [0.5, 0.6) is 0 Å². The summed E-state index contributed by atoms with van der Waals surface area (Å²) >= 11 is 0. The molecule has 2 aromatic rings. The largest absolute Gasteiger partial charge is 0.390 e. The minimum atomic E-state index is -4.43. The highest BCUT2D eigenvalue weighted by Crippen LogP contribution is 2.29. The van der Waals surface area contributed by atoms with Crippen LogP contribution in [0.25, 0.3) is 0 Å². The third-order valence-corrected chi connectivity index (χ3v) is 4.72. The Bertz CT molecular complexity index is 837. The Morgan fingerprint density at radius 2 is 1.64 bits per heavy atom. The first kappa shape index (κ1) is 19.1. The van der Waals surface area contributed by atoms with E-state index in [1.54, 1.807) is 24.3 Å². The highest BCUT2D eigenvalue weighted by molar-refractivity contribution is 7.87. The lowest BCUT2D eigenvalue weighted by Gasteiger charge is -2.22. The number of aliphatic hydroxyl groups excluding tert-OH is 1. The fourth-order valence-electron chi connectivity index (χ4n) is 2.33. The van der Waals surface area contributed by atoms with Crippen molar-refractivity contribution in [3.8, 4) is 0 Å². The monoisotopic (exact) mass is 364 g/mol. The van der Waals surface area contributed by atoms with Gasteiger partial charge in [-0.3, -0.25) is 0 Å². The summed E-state index contributed by atoms with van der Waals surface area (Å²) in [4.78, 5) is 11.7. The molecular weight excluding hydrogens is 344 g/mol. The summed E-state index contributed by atoms with van der Waals surface area (Å²) < 4.78 is 29.7. The summed E-state index contributed by atoms with van der Waals surface area (Å²) in [5.41, 5.74) is -1.04. The van der Waals surface area contributed by atoms with Gasteiger partial charge in [-0.1, -0.05) is 36.4 Å². The quantitative estimate of drug-likeness (QED) is 0.764. The van der Waals surface area contributed by atoms with Crippen molar-refractivity contribution in [2.45, 2.75) is 36.9 Å². The average molecular weight is 364 g/mol. The molecule has 2 rings (SSSR count). The Morgan fingerprint density at radius 1 is 1.08 bits per heavy atom. The number of hydrogen-bond acceptors (Lipinski definition) is 6. The lowest BCUT2D eigenvalue weighted by Crippen LogP contribution is -2.23. The molecule has 1 atom stereocenters. The molecule has 0 aliphatic carbocycles. The number of carbonyl (C=O) groups is 1. The molecule has 0 heterocycles. The molecule has 6 nitrogen and oxygen atoms in total. The summed E-state index contributed by atoms with van der Waals surface area (Å²) in [5.74, 6) is -1.01. The van der Waals surface area contributed by atoms with Crippen molar-refractivity contribution >= 4 is 16.1 Å². The molecule has 0 aliphatic rings. The van der Waals surface area contributed by atoms with E-state index in [0.717, 1.165) is 0 Å². The van der Waals surface area contributed by atoms with Gasteiger partial charge in [0.25, 0.3) is 0 Å². The van der Waals surface area contributed by atoms with Gasteiger partial charge in [0.05, 0.1) is 17.3 Å². The van der Waals surface area contributed by atoms with E-state index in [-0.39, 0.29) is 22.4 Å². The fourth-order valence-corrected chi connectivity index (χ4v) is 3.46. The van der Waals surface area contributed by atoms with E-state index >= 15 is 0 Å². The first-order valence-corrected chi connectivity index (χ1v) is 9.04. The Balaban J connectivity index is 2.32. The number of carbonyl (C=O) groups excluding carboxylic acids is 1. The Labute approximate surface area is 146 Å².